The van der Waals surface area contributed by atoms with Gasteiger partial charge in [0.1, 0.15) is 0 Å². The molecule has 23 heavy (non-hydrogen) atoms. The van der Waals surface area contributed by atoms with Crippen molar-refractivity contribution < 1.29 is 13.2 Å². The number of nitrogens with one attached hydrogen (secondary N) is 2. The van der Waals surface area contributed by atoms with Gasteiger partial charge in [0, 0.05) is 31.2 Å². The molecule has 6 nitrogen and oxygen atoms in total. The van der Waals surface area contributed by atoms with Gasteiger partial charge in [-0.05, 0) is 57.5 Å². The highest BCUT2D eigenvalue weighted by Gasteiger charge is 2.23. The van der Waals surface area contributed by atoms with Gasteiger partial charge >= 0.3 is 0 Å². The Bertz CT molecular complexity index is 635. The Hall–Kier alpha value is -1.44. The Labute approximate surface area is 138 Å². The van der Waals surface area contributed by atoms with E-state index in [0.717, 1.165) is 25.9 Å². The Morgan fingerprint density at radius 2 is 1.96 bits per heavy atom. The van der Waals surface area contributed by atoms with E-state index in [1.165, 1.54) is 16.4 Å². The average molecular weight is 339 g/mol. The molecule has 0 spiro atoms. The van der Waals surface area contributed by atoms with E-state index in [-0.39, 0.29) is 22.9 Å². The first kappa shape index (κ1) is 17.9. The van der Waals surface area contributed by atoms with Gasteiger partial charge in [-0.25, -0.2) is 8.42 Å². The lowest BCUT2D eigenvalue weighted by Crippen LogP contribution is -2.45. The van der Waals surface area contributed by atoms with E-state index in [1.54, 1.807) is 19.2 Å². The summed E-state index contributed by atoms with van der Waals surface area (Å²) in [5, 5.41) is 6.22. The molecular weight excluding hydrogens is 314 g/mol. The van der Waals surface area contributed by atoms with Crippen LogP contribution in [-0.2, 0) is 10.0 Å². The van der Waals surface area contributed by atoms with Crippen molar-refractivity contribution in [1.29, 1.82) is 0 Å². The normalized spacial score (nSPS) is 19.1. The first-order valence-corrected chi connectivity index (χ1v) is 9.36. The summed E-state index contributed by atoms with van der Waals surface area (Å²) in [5.41, 5.74) is 0.474. The Morgan fingerprint density at radius 1 is 1.30 bits per heavy atom. The molecule has 0 aliphatic carbocycles. The van der Waals surface area contributed by atoms with Gasteiger partial charge in [-0.3, -0.25) is 4.79 Å². The highest BCUT2D eigenvalue weighted by molar-refractivity contribution is 7.89. The Morgan fingerprint density at radius 3 is 2.48 bits per heavy atom. The molecule has 1 aliphatic heterocycles. The van der Waals surface area contributed by atoms with E-state index < -0.39 is 10.0 Å². The minimum Gasteiger partial charge on any atom is -0.348 e. The fourth-order valence-corrected chi connectivity index (χ4v) is 3.83. The summed E-state index contributed by atoms with van der Waals surface area (Å²) in [7, 11) is -1.96. The third-order valence-electron chi connectivity index (χ3n) is 4.15. The van der Waals surface area contributed by atoms with Gasteiger partial charge in [0.15, 0.2) is 0 Å². The zero-order valence-corrected chi connectivity index (χ0v) is 14.7. The van der Waals surface area contributed by atoms with Crippen LogP contribution < -0.4 is 10.6 Å². The number of benzene rings is 1. The van der Waals surface area contributed by atoms with Crippen LogP contribution in [0.25, 0.3) is 0 Å². The van der Waals surface area contributed by atoms with Gasteiger partial charge in [-0.2, -0.15) is 4.31 Å². The van der Waals surface area contributed by atoms with Crippen LogP contribution in [0.5, 0.6) is 0 Å². The van der Waals surface area contributed by atoms with E-state index in [0.29, 0.717) is 5.56 Å². The minimum atomic E-state index is -3.52. The zero-order chi connectivity index (χ0) is 17.0. The molecule has 1 aromatic carbocycles. The molecule has 1 heterocycles. The summed E-state index contributed by atoms with van der Waals surface area (Å²) in [6, 6.07) is 6.11. The van der Waals surface area contributed by atoms with Gasteiger partial charge in [-0.15, -0.1) is 0 Å². The third-order valence-corrected chi connectivity index (χ3v) is 6.20. The van der Waals surface area contributed by atoms with Crippen molar-refractivity contribution >= 4 is 15.9 Å². The zero-order valence-electron chi connectivity index (χ0n) is 13.9. The standard InChI is InChI=1S/C16H25N3O3S/c1-12(2)19(3)23(21,22)15-8-6-13(7-9-15)16(20)18-14-5-4-10-17-11-14/h6-9,12,14,17H,4-5,10-11H2,1-3H3,(H,18,20). The molecule has 0 bridgehead atoms. The topological polar surface area (TPSA) is 78.5 Å². The van der Waals surface area contributed by atoms with Crippen LogP contribution in [0.1, 0.15) is 37.0 Å². The molecule has 0 aromatic heterocycles. The number of piperidine rings is 1. The molecule has 1 unspecified atom stereocenters. The van der Waals surface area contributed by atoms with Crippen LogP contribution >= 0.6 is 0 Å². The van der Waals surface area contributed by atoms with E-state index >= 15 is 0 Å². The van der Waals surface area contributed by atoms with Crippen molar-refractivity contribution in [3.05, 3.63) is 29.8 Å². The molecule has 1 fully saturated rings. The van der Waals surface area contributed by atoms with Crippen LogP contribution in [-0.4, -0.2) is 50.9 Å². The first-order chi connectivity index (χ1) is 10.8. The van der Waals surface area contributed by atoms with Crippen molar-refractivity contribution in [3.63, 3.8) is 0 Å². The highest BCUT2D eigenvalue weighted by Crippen LogP contribution is 2.17. The van der Waals surface area contributed by atoms with Gasteiger partial charge in [0.05, 0.1) is 4.90 Å². The summed E-state index contributed by atoms with van der Waals surface area (Å²) < 4.78 is 26.1. The number of hydrogen-bond acceptors (Lipinski definition) is 4. The molecule has 128 valence electrons. The molecule has 1 aromatic rings. The van der Waals surface area contributed by atoms with Crippen LogP contribution in [0, 0.1) is 0 Å². The van der Waals surface area contributed by atoms with Crippen molar-refractivity contribution in [2.24, 2.45) is 0 Å². The summed E-state index contributed by atoms with van der Waals surface area (Å²) in [6.45, 7) is 5.40. The smallest absolute Gasteiger partial charge is 0.251 e. The number of amides is 1. The maximum absolute atomic E-state index is 12.4. The quantitative estimate of drug-likeness (QED) is 0.845. The number of nitrogens with zero attached hydrogens (tertiary/aromatic N) is 1. The fraction of sp³-hybridized carbons (Fsp3) is 0.562. The summed E-state index contributed by atoms with van der Waals surface area (Å²) in [6.07, 6.45) is 2.01. The largest absolute Gasteiger partial charge is 0.348 e. The van der Waals surface area contributed by atoms with Gasteiger partial charge < -0.3 is 10.6 Å². The molecule has 2 rings (SSSR count). The predicted molar refractivity (Wildman–Crippen MR) is 89.9 cm³/mol. The number of carbonyl (C=O) groups is 1. The molecule has 0 saturated carbocycles. The van der Waals surface area contributed by atoms with Crippen LogP contribution in [0.4, 0.5) is 0 Å². The Balaban J connectivity index is 2.08. The van der Waals surface area contributed by atoms with E-state index in [1.807, 2.05) is 13.8 Å². The minimum absolute atomic E-state index is 0.123. The first-order valence-electron chi connectivity index (χ1n) is 7.92. The van der Waals surface area contributed by atoms with Crippen molar-refractivity contribution in [3.8, 4) is 0 Å². The van der Waals surface area contributed by atoms with E-state index in [4.69, 9.17) is 0 Å². The molecule has 1 aliphatic rings. The summed E-state index contributed by atoms with van der Waals surface area (Å²) >= 11 is 0. The van der Waals surface area contributed by atoms with Crippen LogP contribution in [0.3, 0.4) is 0 Å². The number of hydrogen-bond donors (Lipinski definition) is 2. The molecule has 2 N–H and O–H groups in total. The monoisotopic (exact) mass is 339 g/mol. The van der Waals surface area contributed by atoms with E-state index in [9.17, 15) is 13.2 Å². The SMILES string of the molecule is CC(C)N(C)S(=O)(=O)c1ccc(C(=O)NC2CCCNC2)cc1. The second-order valence-electron chi connectivity index (χ2n) is 6.16. The summed E-state index contributed by atoms with van der Waals surface area (Å²) in [4.78, 5) is 12.4. The maximum atomic E-state index is 12.4. The summed E-state index contributed by atoms with van der Waals surface area (Å²) in [5.74, 6) is -0.167. The van der Waals surface area contributed by atoms with Crippen molar-refractivity contribution in [2.45, 2.75) is 43.7 Å². The lowest BCUT2D eigenvalue weighted by Gasteiger charge is -2.24. The van der Waals surface area contributed by atoms with Gasteiger partial charge in [-0.1, -0.05) is 0 Å². The molecule has 0 radical (unpaired) electrons. The number of rotatable bonds is 5. The molecule has 1 atom stereocenters. The third kappa shape index (κ3) is 4.31. The second-order valence-corrected chi connectivity index (χ2v) is 8.15. The average Bonchev–Trinajstić information content (AvgIpc) is 2.55. The van der Waals surface area contributed by atoms with Gasteiger partial charge in [0.25, 0.3) is 5.91 Å². The predicted octanol–water partition coefficient (Wildman–Crippen LogP) is 1.20. The van der Waals surface area contributed by atoms with Crippen LogP contribution in [0.15, 0.2) is 29.2 Å². The van der Waals surface area contributed by atoms with E-state index in [2.05, 4.69) is 10.6 Å². The van der Waals surface area contributed by atoms with Crippen LogP contribution in [0.2, 0.25) is 0 Å². The molecular formula is C16H25N3O3S. The van der Waals surface area contributed by atoms with Crippen molar-refractivity contribution in [1.82, 2.24) is 14.9 Å². The van der Waals surface area contributed by atoms with Gasteiger partial charge in [0.2, 0.25) is 10.0 Å². The lowest BCUT2D eigenvalue weighted by molar-refractivity contribution is 0.0930. The molecule has 7 heteroatoms. The maximum Gasteiger partial charge on any atom is 0.251 e. The highest BCUT2D eigenvalue weighted by atomic mass is 32.2. The number of carbonyl (C=O) groups excluding carboxylic acids is 1. The molecule has 1 amide bonds. The van der Waals surface area contributed by atoms with Crippen molar-refractivity contribution in [2.75, 3.05) is 20.1 Å². The lowest BCUT2D eigenvalue weighted by atomic mass is 10.1. The molecule has 1 saturated heterocycles. The number of sulfonamides is 1. The fourth-order valence-electron chi connectivity index (χ4n) is 2.47. The Kier molecular flexibility index (Phi) is 5.78. The second kappa shape index (κ2) is 7.42.